The summed E-state index contributed by atoms with van der Waals surface area (Å²) < 4.78 is 0. The largest absolute Gasteiger partial charge is 0.0711 e. The van der Waals surface area contributed by atoms with Gasteiger partial charge in [0.15, 0.2) is 0 Å². The fraction of sp³-hybridized carbons (Fsp3) is 1.00. The molecular formula is C26H50Si2. The van der Waals surface area contributed by atoms with Gasteiger partial charge in [-0.05, 0) is 65.9 Å². The zero-order valence-corrected chi connectivity index (χ0v) is 22.1. The number of hydrogen-bond donors (Lipinski definition) is 0. The van der Waals surface area contributed by atoms with E-state index in [1.54, 1.807) is 57.8 Å². The summed E-state index contributed by atoms with van der Waals surface area (Å²) in [7, 11) is -2.30. The molecular weight excluding hydrogens is 368 g/mol. The molecule has 4 aliphatic carbocycles. The summed E-state index contributed by atoms with van der Waals surface area (Å²) in [5.41, 5.74) is 2.34. The molecule has 162 valence electrons. The molecule has 0 amide bonds. The topological polar surface area (TPSA) is 0 Å². The molecule has 8 atom stereocenters. The van der Waals surface area contributed by atoms with Crippen LogP contribution in [0.15, 0.2) is 0 Å². The van der Waals surface area contributed by atoms with E-state index in [-0.39, 0.29) is 0 Å². The van der Waals surface area contributed by atoms with Crippen LogP contribution in [0, 0.1) is 35.5 Å². The Labute approximate surface area is 178 Å². The molecule has 0 nitrogen and oxygen atoms in total. The average molecular weight is 419 g/mol. The van der Waals surface area contributed by atoms with Crippen molar-refractivity contribution in [3.63, 3.8) is 0 Å². The van der Waals surface area contributed by atoms with Gasteiger partial charge in [-0.25, -0.2) is 0 Å². The van der Waals surface area contributed by atoms with Crippen molar-refractivity contribution in [1.82, 2.24) is 0 Å². The van der Waals surface area contributed by atoms with Gasteiger partial charge in [-0.1, -0.05) is 97.8 Å². The van der Waals surface area contributed by atoms with Gasteiger partial charge in [0.05, 0.1) is 0 Å². The van der Waals surface area contributed by atoms with Crippen LogP contribution in [-0.2, 0) is 0 Å². The number of hydrogen-bond acceptors (Lipinski definition) is 0. The van der Waals surface area contributed by atoms with E-state index in [1.165, 1.54) is 24.8 Å². The molecule has 0 spiro atoms. The minimum Gasteiger partial charge on any atom is -0.0711 e. The summed E-state index contributed by atoms with van der Waals surface area (Å²) in [5.74, 6) is 6.63. The van der Waals surface area contributed by atoms with Gasteiger partial charge in [-0.15, -0.1) is 0 Å². The maximum Gasteiger partial charge on any atom is 0.0448 e. The molecule has 0 N–H and O–H groups in total. The normalized spacial score (nSPS) is 43.9. The van der Waals surface area contributed by atoms with Crippen LogP contribution in [0.25, 0.3) is 0 Å². The second-order valence-corrected chi connectivity index (χ2v) is 29.1. The van der Waals surface area contributed by atoms with E-state index in [0.717, 1.165) is 41.0 Å². The fourth-order valence-electron chi connectivity index (χ4n) is 9.19. The molecule has 4 saturated carbocycles. The first kappa shape index (κ1) is 21.7. The highest BCUT2D eigenvalue weighted by atomic mass is 29.3. The lowest BCUT2D eigenvalue weighted by atomic mass is 9.65. The van der Waals surface area contributed by atoms with Gasteiger partial charge in [0.1, 0.15) is 0 Å². The van der Waals surface area contributed by atoms with E-state index in [0.29, 0.717) is 0 Å². The third-order valence-corrected chi connectivity index (χ3v) is 32.4. The molecule has 4 aliphatic rings. The number of fused-ring (bicyclic) bond motifs is 2. The van der Waals surface area contributed by atoms with E-state index < -0.39 is 15.2 Å². The lowest BCUT2D eigenvalue weighted by Crippen LogP contribution is -2.61. The van der Waals surface area contributed by atoms with Crippen LogP contribution in [0.5, 0.6) is 0 Å². The molecule has 0 aromatic carbocycles. The van der Waals surface area contributed by atoms with Crippen molar-refractivity contribution in [3.05, 3.63) is 0 Å². The predicted octanol–water partition coefficient (Wildman–Crippen LogP) is 8.69. The third kappa shape index (κ3) is 3.55. The van der Waals surface area contributed by atoms with Gasteiger partial charge in [0.2, 0.25) is 0 Å². The van der Waals surface area contributed by atoms with Crippen molar-refractivity contribution in [1.29, 1.82) is 0 Å². The zero-order valence-electron chi connectivity index (χ0n) is 20.1. The van der Waals surface area contributed by atoms with Crippen LogP contribution in [0.4, 0.5) is 0 Å². The Bertz CT molecular complexity index is 539. The highest BCUT2D eigenvalue weighted by Gasteiger charge is 2.58. The summed E-state index contributed by atoms with van der Waals surface area (Å²) in [5, 5.41) is 0. The lowest BCUT2D eigenvalue weighted by Gasteiger charge is -2.51. The minimum atomic E-state index is -1.17. The zero-order chi connectivity index (χ0) is 20.1. The Morgan fingerprint density at radius 1 is 0.750 bits per heavy atom. The Balaban J connectivity index is 1.48. The molecule has 4 fully saturated rings. The first-order valence-corrected chi connectivity index (χ1v) is 20.4. The van der Waals surface area contributed by atoms with E-state index in [2.05, 4.69) is 40.0 Å². The molecule has 0 aromatic heterocycles. The Kier molecular flexibility index (Phi) is 6.32. The molecule has 0 aliphatic heterocycles. The van der Waals surface area contributed by atoms with Crippen LogP contribution in [0.1, 0.15) is 90.9 Å². The Morgan fingerprint density at radius 2 is 1.54 bits per heavy atom. The standard InChI is InChI=1S/C26H50Si2/c1-7-8-10-20-13-14-22(17-20)27(3,4)28(5,6)26-16-15-24-19(2)23-12-9-11-21(23)18-25(24)26/h19-26H,7-18H2,1-6H3. The summed E-state index contributed by atoms with van der Waals surface area (Å²) >= 11 is 0. The van der Waals surface area contributed by atoms with Gasteiger partial charge < -0.3 is 0 Å². The van der Waals surface area contributed by atoms with Crippen molar-refractivity contribution in [3.8, 4) is 0 Å². The van der Waals surface area contributed by atoms with Crippen molar-refractivity contribution in [2.45, 2.75) is 128 Å². The van der Waals surface area contributed by atoms with Crippen molar-refractivity contribution in [2.75, 3.05) is 0 Å². The quantitative estimate of drug-likeness (QED) is 0.378. The maximum absolute atomic E-state index is 2.90. The SMILES string of the molecule is CCCCC1CCC([Si](C)(C)[Si](C)(C)C2CCC3C(C)C4CCCC4CC32)C1. The van der Waals surface area contributed by atoms with Gasteiger partial charge >= 0.3 is 0 Å². The third-order valence-electron chi connectivity index (χ3n) is 11.6. The van der Waals surface area contributed by atoms with Gasteiger partial charge in [-0.3, -0.25) is 0 Å². The van der Waals surface area contributed by atoms with Gasteiger partial charge in [-0.2, -0.15) is 0 Å². The fourth-order valence-corrected chi connectivity index (χ4v) is 23.2. The molecule has 0 heterocycles. The van der Waals surface area contributed by atoms with Crippen molar-refractivity contribution in [2.24, 2.45) is 35.5 Å². The highest BCUT2D eigenvalue weighted by Crippen LogP contribution is 2.62. The van der Waals surface area contributed by atoms with E-state index in [1.807, 2.05) is 0 Å². The minimum absolute atomic E-state index is 1.05. The van der Waals surface area contributed by atoms with E-state index in [9.17, 15) is 0 Å². The second kappa shape index (κ2) is 8.17. The molecule has 2 heteroatoms. The molecule has 4 rings (SSSR count). The first-order valence-electron chi connectivity index (χ1n) is 13.3. The number of unbranched alkanes of at least 4 members (excludes halogenated alkanes) is 1. The van der Waals surface area contributed by atoms with E-state index >= 15 is 0 Å². The van der Waals surface area contributed by atoms with Crippen molar-refractivity contribution < 1.29 is 0 Å². The Morgan fingerprint density at radius 3 is 2.29 bits per heavy atom. The molecule has 0 radical (unpaired) electrons. The molecule has 28 heavy (non-hydrogen) atoms. The van der Waals surface area contributed by atoms with Crippen molar-refractivity contribution >= 4 is 15.2 Å². The molecule has 0 saturated heterocycles. The molecule has 0 bridgehead atoms. The second-order valence-electron chi connectivity index (χ2n) is 12.9. The average Bonchev–Trinajstić information content (AvgIpc) is 3.39. The monoisotopic (exact) mass is 418 g/mol. The van der Waals surface area contributed by atoms with Gasteiger partial charge in [0.25, 0.3) is 0 Å². The van der Waals surface area contributed by atoms with Crippen LogP contribution in [0.3, 0.4) is 0 Å². The summed E-state index contributed by atoms with van der Waals surface area (Å²) in [4.78, 5) is 0. The summed E-state index contributed by atoms with van der Waals surface area (Å²) in [6.07, 6.45) is 18.8. The number of rotatable bonds is 6. The van der Waals surface area contributed by atoms with Gasteiger partial charge in [0, 0.05) is 15.2 Å². The predicted molar refractivity (Wildman–Crippen MR) is 130 cm³/mol. The van der Waals surface area contributed by atoms with Crippen LogP contribution in [0.2, 0.25) is 37.3 Å². The summed E-state index contributed by atoms with van der Waals surface area (Å²) in [6, 6.07) is 0. The van der Waals surface area contributed by atoms with Crippen LogP contribution >= 0.6 is 0 Å². The Hall–Kier alpha value is 0.434. The molecule has 8 unspecified atom stereocenters. The maximum atomic E-state index is 2.90. The first-order chi connectivity index (χ1) is 13.3. The lowest BCUT2D eigenvalue weighted by molar-refractivity contribution is 0.0846. The molecule has 0 aromatic rings. The summed E-state index contributed by atoms with van der Waals surface area (Å²) in [6.45, 7) is 16.6. The van der Waals surface area contributed by atoms with E-state index in [4.69, 9.17) is 0 Å². The van der Waals surface area contributed by atoms with Crippen LogP contribution in [-0.4, -0.2) is 15.2 Å². The smallest absolute Gasteiger partial charge is 0.0448 e. The highest BCUT2D eigenvalue weighted by molar-refractivity contribution is 7.41. The van der Waals surface area contributed by atoms with Crippen LogP contribution < -0.4 is 0 Å².